The largest absolute Gasteiger partial charge is 0.486 e. The minimum atomic E-state index is -2.73. The number of aromatic nitrogens is 3. The van der Waals surface area contributed by atoms with Crippen LogP contribution in [0.3, 0.4) is 0 Å². The molecule has 198 valence electrons. The molecule has 1 amide bonds. The highest BCUT2D eigenvalue weighted by atomic mass is 35.5. The molecule has 2 aromatic heterocycles. The average Bonchev–Trinajstić information content (AvgIpc) is 3.29. The summed E-state index contributed by atoms with van der Waals surface area (Å²) in [6, 6.07) is 5.88. The molecular formula is C24H25ClF3N5O4. The van der Waals surface area contributed by atoms with Gasteiger partial charge in [0.2, 0.25) is 5.88 Å². The third-order valence-electron chi connectivity index (χ3n) is 5.21. The van der Waals surface area contributed by atoms with Gasteiger partial charge in [-0.25, -0.2) is 32.9 Å². The number of amides is 1. The van der Waals surface area contributed by atoms with Crippen LogP contribution in [0.2, 0.25) is 5.02 Å². The van der Waals surface area contributed by atoms with Crippen LogP contribution in [0.1, 0.15) is 27.2 Å². The van der Waals surface area contributed by atoms with Crippen LogP contribution in [0.4, 0.5) is 29.5 Å². The Morgan fingerprint density at radius 3 is 2.76 bits per heavy atom. The number of hydrogen-bond donors (Lipinski definition) is 1. The number of benzene rings is 1. The molecule has 4 rings (SSSR count). The van der Waals surface area contributed by atoms with Gasteiger partial charge in [0.25, 0.3) is 6.43 Å². The van der Waals surface area contributed by atoms with Crippen molar-refractivity contribution in [2.24, 2.45) is 0 Å². The Kier molecular flexibility index (Phi) is 7.76. The minimum Gasteiger partial charge on any atom is -0.486 e. The number of halogens is 4. The van der Waals surface area contributed by atoms with E-state index in [2.05, 4.69) is 20.3 Å². The van der Waals surface area contributed by atoms with E-state index < -0.39 is 35.6 Å². The van der Waals surface area contributed by atoms with E-state index in [9.17, 15) is 18.0 Å². The number of likely N-dealkylation sites (tertiary alicyclic amines) is 1. The van der Waals surface area contributed by atoms with Crippen LogP contribution in [-0.4, -0.2) is 63.8 Å². The Bertz CT molecular complexity index is 1290. The maximum Gasteiger partial charge on any atom is 0.410 e. The SMILES string of the molecule is CC(C)(C)OC(=O)N1CC[C@H](Oc2ccc3ncnc(Nc4ccc(OCC(F)F)c(Cl)c4F)c3n2)C1. The van der Waals surface area contributed by atoms with Gasteiger partial charge >= 0.3 is 6.09 Å². The van der Waals surface area contributed by atoms with Crippen molar-refractivity contribution >= 4 is 40.2 Å². The zero-order valence-corrected chi connectivity index (χ0v) is 21.1. The molecule has 1 atom stereocenters. The van der Waals surface area contributed by atoms with E-state index in [1.807, 2.05) is 0 Å². The number of anilines is 2. The highest BCUT2D eigenvalue weighted by molar-refractivity contribution is 6.32. The van der Waals surface area contributed by atoms with Crippen molar-refractivity contribution in [3.8, 4) is 11.6 Å². The predicted molar refractivity (Wildman–Crippen MR) is 130 cm³/mol. The number of nitrogens with zero attached hydrogens (tertiary/aromatic N) is 4. The normalized spacial score (nSPS) is 15.8. The molecule has 0 aliphatic carbocycles. The molecule has 3 aromatic rings. The molecule has 1 fully saturated rings. The molecule has 0 saturated carbocycles. The van der Waals surface area contributed by atoms with Gasteiger partial charge in [-0.3, -0.25) is 0 Å². The highest BCUT2D eigenvalue weighted by Crippen LogP contribution is 2.34. The van der Waals surface area contributed by atoms with Gasteiger partial charge in [0.05, 0.1) is 17.7 Å². The van der Waals surface area contributed by atoms with Gasteiger partial charge in [0.1, 0.15) is 40.9 Å². The van der Waals surface area contributed by atoms with Gasteiger partial charge in [-0.1, -0.05) is 11.6 Å². The van der Waals surface area contributed by atoms with Crippen molar-refractivity contribution in [1.82, 2.24) is 19.9 Å². The van der Waals surface area contributed by atoms with E-state index in [1.54, 1.807) is 37.8 Å². The summed E-state index contributed by atoms with van der Waals surface area (Å²) in [5.74, 6) is -0.659. The van der Waals surface area contributed by atoms with Gasteiger partial charge < -0.3 is 24.4 Å². The second-order valence-electron chi connectivity index (χ2n) is 9.26. The summed E-state index contributed by atoms with van der Waals surface area (Å²) >= 11 is 5.97. The number of nitrogens with one attached hydrogen (secondary N) is 1. The zero-order valence-electron chi connectivity index (χ0n) is 20.3. The Morgan fingerprint density at radius 1 is 1.24 bits per heavy atom. The van der Waals surface area contributed by atoms with Crippen molar-refractivity contribution < 1.29 is 32.2 Å². The van der Waals surface area contributed by atoms with E-state index in [4.69, 9.17) is 25.8 Å². The summed E-state index contributed by atoms with van der Waals surface area (Å²) in [4.78, 5) is 26.7. The van der Waals surface area contributed by atoms with Gasteiger partial charge in [-0.2, -0.15) is 0 Å². The van der Waals surface area contributed by atoms with Crippen LogP contribution in [0, 0.1) is 5.82 Å². The van der Waals surface area contributed by atoms with E-state index in [0.717, 1.165) is 0 Å². The standard InChI is InChI=1S/C24H25ClF3N5O4/c1-24(2,3)37-23(34)33-9-8-13(10-33)36-18-7-5-15-21(32-18)22(30-12-29-15)31-14-4-6-16(19(25)20(14)28)35-11-17(26)27/h4-7,12-13,17H,8-11H2,1-3H3,(H,29,30,31)/t13-/m0/s1. The lowest BCUT2D eigenvalue weighted by molar-refractivity contribution is 0.0275. The first-order chi connectivity index (χ1) is 17.5. The molecule has 1 aliphatic rings. The van der Waals surface area contributed by atoms with E-state index in [1.165, 1.54) is 18.5 Å². The molecule has 1 aromatic carbocycles. The minimum absolute atomic E-state index is 0.0636. The molecule has 13 heteroatoms. The smallest absolute Gasteiger partial charge is 0.410 e. The van der Waals surface area contributed by atoms with Crippen molar-refractivity contribution in [3.63, 3.8) is 0 Å². The average molecular weight is 540 g/mol. The number of ether oxygens (including phenoxy) is 3. The fraction of sp³-hybridized carbons (Fsp3) is 0.417. The van der Waals surface area contributed by atoms with Crippen molar-refractivity contribution in [2.45, 2.75) is 45.3 Å². The van der Waals surface area contributed by atoms with Crippen LogP contribution >= 0.6 is 11.6 Å². The number of carbonyl (C=O) groups is 1. The first kappa shape index (κ1) is 26.5. The number of carbonyl (C=O) groups excluding carboxylic acids is 1. The summed E-state index contributed by atoms with van der Waals surface area (Å²) < 4.78 is 55.9. The quantitative estimate of drug-likeness (QED) is 0.415. The van der Waals surface area contributed by atoms with Crippen LogP contribution < -0.4 is 14.8 Å². The molecule has 37 heavy (non-hydrogen) atoms. The van der Waals surface area contributed by atoms with Crippen molar-refractivity contribution in [2.75, 3.05) is 25.0 Å². The second-order valence-corrected chi connectivity index (χ2v) is 9.64. The summed E-state index contributed by atoms with van der Waals surface area (Å²) in [5.41, 5.74) is 0.110. The maximum atomic E-state index is 14.8. The molecule has 1 saturated heterocycles. The molecule has 0 bridgehead atoms. The molecule has 0 radical (unpaired) electrons. The molecule has 0 spiro atoms. The summed E-state index contributed by atoms with van der Waals surface area (Å²) in [6.07, 6.45) is -1.55. The zero-order chi connectivity index (χ0) is 26.7. The fourth-order valence-corrected chi connectivity index (χ4v) is 3.81. The van der Waals surface area contributed by atoms with Gasteiger partial charge in [0, 0.05) is 19.0 Å². The molecule has 0 unspecified atom stereocenters. The van der Waals surface area contributed by atoms with Gasteiger partial charge in [-0.15, -0.1) is 0 Å². The number of pyridine rings is 1. The van der Waals surface area contributed by atoms with Crippen LogP contribution in [0.25, 0.3) is 11.0 Å². The van der Waals surface area contributed by atoms with Crippen molar-refractivity contribution in [1.29, 1.82) is 0 Å². The molecular weight excluding hydrogens is 515 g/mol. The third-order valence-corrected chi connectivity index (χ3v) is 5.56. The molecule has 1 N–H and O–H groups in total. The Hall–Kier alpha value is -3.54. The fourth-order valence-electron chi connectivity index (χ4n) is 3.59. The summed E-state index contributed by atoms with van der Waals surface area (Å²) in [7, 11) is 0. The number of alkyl halides is 2. The Morgan fingerprint density at radius 2 is 2.03 bits per heavy atom. The maximum absolute atomic E-state index is 14.8. The molecule has 1 aliphatic heterocycles. The lowest BCUT2D eigenvalue weighted by Crippen LogP contribution is -2.36. The monoisotopic (exact) mass is 539 g/mol. The van der Waals surface area contributed by atoms with E-state index >= 15 is 0 Å². The second kappa shape index (κ2) is 10.8. The summed E-state index contributed by atoms with van der Waals surface area (Å²) in [6.45, 7) is 5.33. The number of hydrogen-bond acceptors (Lipinski definition) is 8. The topological polar surface area (TPSA) is 98.7 Å². The third kappa shape index (κ3) is 6.62. The molecule has 9 nitrogen and oxygen atoms in total. The van der Waals surface area contributed by atoms with Crippen molar-refractivity contribution in [3.05, 3.63) is 41.4 Å². The molecule has 3 heterocycles. The number of rotatable bonds is 7. The summed E-state index contributed by atoms with van der Waals surface area (Å²) in [5, 5.41) is 2.36. The number of fused-ring (bicyclic) bond motifs is 1. The lowest BCUT2D eigenvalue weighted by atomic mass is 10.2. The first-order valence-electron chi connectivity index (χ1n) is 11.4. The predicted octanol–water partition coefficient (Wildman–Crippen LogP) is 5.59. The first-order valence-corrected chi connectivity index (χ1v) is 11.8. The Balaban J connectivity index is 1.50. The van der Waals surface area contributed by atoms with E-state index in [0.29, 0.717) is 30.5 Å². The van der Waals surface area contributed by atoms with Crippen LogP contribution in [-0.2, 0) is 4.74 Å². The lowest BCUT2D eigenvalue weighted by Gasteiger charge is -2.24. The Labute approximate surface area is 215 Å². The van der Waals surface area contributed by atoms with Crippen LogP contribution in [0.5, 0.6) is 11.6 Å². The van der Waals surface area contributed by atoms with Gasteiger partial charge in [0.15, 0.2) is 11.6 Å². The highest BCUT2D eigenvalue weighted by Gasteiger charge is 2.31. The van der Waals surface area contributed by atoms with Crippen LogP contribution in [0.15, 0.2) is 30.6 Å². The van der Waals surface area contributed by atoms with E-state index in [-0.39, 0.29) is 29.2 Å². The van der Waals surface area contributed by atoms with Gasteiger partial charge in [-0.05, 0) is 39.0 Å².